The van der Waals surface area contributed by atoms with E-state index in [2.05, 4.69) is 15.5 Å². The number of likely N-dealkylation sites (tertiary alicyclic amines) is 1. The van der Waals surface area contributed by atoms with Gasteiger partial charge in [-0.25, -0.2) is 0 Å². The van der Waals surface area contributed by atoms with E-state index in [9.17, 15) is 14.4 Å². The van der Waals surface area contributed by atoms with Gasteiger partial charge in [-0.2, -0.15) is 0 Å². The summed E-state index contributed by atoms with van der Waals surface area (Å²) in [6.45, 7) is 5.26. The first-order valence-electron chi connectivity index (χ1n) is 10.2. The van der Waals surface area contributed by atoms with Gasteiger partial charge in [0, 0.05) is 35.9 Å². The van der Waals surface area contributed by atoms with E-state index in [-0.39, 0.29) is 23.9 Å². The molecule has 1 aliphatic heterocycles. The van der Waals surface area contributed by atoms with Crippen molar-refractivity contribution in [3.8, 4) is 0 Å². The van der Waals surface area contributed by atoms with Crippen LogP contribution in [0, 0.1) is 6.92 Å². The molecule has 1 heterocycles. The third-order valence-electron chi connectivity index (χ3n) is 5.62. The molecule has 1 fully saturated rings. The minimum absolute atomic E-state index is 0.0447. The summed E-state index contributed by atoms with van der Waals surface area (Å²) >= 11 is 0. The molecule has 0 bridgehead atoms. The topological polar surface area (TPSA) is 105 Å². The van der Waals surface area contributed by atoms with Crippen molar-refractivity contribution >= 4 is 23.4 Å². The lowest BCUT2D eigenvalue weighted by molar-refractivity contribution is -0.121. The van der Waals surface area contributed by atoms with Crippen molar-refractivity contribution in [2.24, 2.45) is 5.73 Å². The van der Waals surface area contributed by atoms with Gasteiger partial charge in [0.1, 0.15) is 0 Å². The second-order valence-corrected chi connectivity index (χ2v) is 7.71. The molecule has 0 spiro atoms. The summed E-state index contributed by atoms with van der Waals surface area (Å²) in [5.41, 5.74) is 7.92. The van der Waals surface area contributed by atoms with E-state index in [0.29, 0.717) is 16.8 Å². The van der Waals surface area contributed by atoms with Crippen molar-refractivity contribution in [3.05, 3.63) is 65.2 Å². The Morgan fingerprint density at radius 2 is 1.67 bits per heavy atom. The first-order chi connectivity index (χ1) is 14.3. The molecule has 1 aliphatic rings. The SMILES string of the molecule is Cc1ccccc1C(=O)NC1CCN(C(C)C(=O)Nc2ccc(C(N)=O)cc2)CC1. The highest BCUT2D eigenvalue weighted by atomic mass is 16.2. The molecule has 158 valence electrons. The van der Waals surface area contributed by atoms with Crippen LogP contribution in [0.5, 0.6) is 0 Å². The first kappa shape index (κ1) is 21.5. The molecule has 0 aliphatic carbocycles. The minimum Gasteiger partial charge on any atom is -0.366 e. The van der Waals surface area contributed by atoms with Crippen molar-refractivity contribution in [3.63, 3.8) is 0 Å². The quantitative estimate of drug-likeness (QED) is 0.682. The van der Waals surface area contributed by atoms with Crippen molar-refractivity contribution in [2.45, 2.75) is 38.8 Å². The van der Waals surface area contributed by atoms with Gasteiger partial charge in [-0.3, -0.25) is 19.3 Å². The minimum atomic E-state index is -0.501. The van der Waals surface area contributed by atoms with Gasteiger partial charge in [-0.15, -0.1) is 0 Å². The highest BCUT2D eigenvalue weighted by Gasteiger charge is 2.27. The van der Waals surface area contributed by atoms with Gasteiger partial charge in [-0.1, -0.05) is 18.2 Å². The third-order valence-corrected chi connectivity index (χ3v) is 5.62. The fourth-order valence-corrected chi connectivity index (χ4v) is 3.65. The van der Waals surface area contributed by atoms with Gasteiger partial charge < -0.3 is 16.4 Å². The molecule has 1 saturated heterocycles. The second kappa shape index (κ2) is 9.54. The normalized spacial score (nSPS) is 15.9. The van der Waals surface area contributed by atoms with E-state index in [1.165, 1.54) is 0 Å². The molecule has 0 aromatic heterocycles. The van der Waals surface area contributed by atoms with Gasteiger partial charge in [0.05, 0.1) is 6.04 Å². The zero-order valence-corrected chi connectivity index (χ0v) is 17.4. The number of nitrogens with one attached hydrogen (secondary N) is 2. The lowest BCUT2D eigenvalue weighted by Crippen LogP contribution is -2.50. The number of aryl methyl sites for hydroxylation is 1. The number of benzene rings is 2. The molecule has 3 rings (SSSR count). The van der Waals surface area contributed by atoms with Crippen molar-refractivity contribution < 1.29 is 14.4 Å². The van der Waals surface area contributed by atoms with Gasteiger partial charge in [0.15, 0.2) is 0 Å². The van der Waals surface area contributed by atoms with Crippen molar-refractivity contribution in [2.75, 3.05) is 18.4 Å². The number of primary amides is 1. The van der Waals surface area contributed by atoms with Crippen LogP contribution in [0.3, 0.4) is 0 Å². The van der Waals surface area contributed by atoms with Crippen LogP contribution in [0.4, 0.5) is 5.69 Å². The summed E-state index contributed by atoms with van der Waals surface area (Å²) in [5.74, 6) is -0.653. The van der Waals surface area contributed by atoms with E-state index in [4.69, 9.17) is 5.73 Å². The number of piperidine rings is 1. The Balaban J connectivity index is 1.49. The number of nitrogens with zero attached hydrogens (tertiary/aromatic N) is 1. The summed E-state index contributed by atoms with van der Waals surface area (Å²) in [7, 11) is 0. The van der Waals surface area contributed by atoms with Crippen LogP contribution in [0.15, 0.2) is 48.5 Å². The monoisotopic (exact) mass is 408 g/mol. The first-order valence-corrected chi connectivity index (χ1v) is 10.2. The molecule has 2 aromatic carbocycles. The maximum atomic E-state index is 12.6. The van der Waals surface area contributed by atoms with Crippen LogP contribution in [-0.2, 0) is 4.79 Å². The summed E-state index contributed by atoms with van der Waals surface area (Å²) in [6.07, 6.45) is 1.59. The van der Waals surface area contributed by atoms with Crippen LogP contribution in [0.2, 0.25) is 0 Å². The molecular formula is C23H28N4O3. The molecule has 0 saturated carbocycles. The number of hydrogen-bond donors (Lipinski definition) is 3. The molecule has 1 atom stereocenters. The fourth-order valence-electron chi connectivity index (χ4n) is 3.65. The molecule has 30 heavy (non-hydrogen) atoms. The molecule has 2 aromatic rings. The summed E-state index contributed by atoms with van der Waals surface area (Å²) in [5, 5.41) is 5.99. The van der Waals surface area contributed by atoms with Gasteiger partial charge in [-0.05, 0) is 62.6 Å². The largest absolute Gasteiger partial charge is 0.366 e. The number of nitrogens with two attached hydrogens (primary N) is 1. The third kappa shape index (κ3) is 5.24. The highest BCUT2D eigenvalue weighted by Crippen LogP contribution is 2.17. The predicted octanol–water partition coefficient (Wildman–Crippen LogP) is 2.32. The molecular weight excluding hydrogens is 380 g/mol. The predicted molar refractivity (Wildman–Crippen MR) is 116 cm³/mol. The van der Waals surface area contributed by atoms with Crippen LogP contribution in [-0.4, -0.2) is 47.8 Å². The maximum Gasteiger partial charge on any atom is 0.251 e. The van der Waals surface area contributed by atoms with E-state index in [0.717, 1.165) is 31.5 Å². The number of amides is 3. The Morgan fingerprint density at radius 3 is 2.27 bits per heavy atom. The van der Waals surface area contributed by atoms with E-state index >= 15 is 0 Å². The smallest absolute Gasteiger partial charge is 0.251 e. The van der Waals surface area contributed by atoms with Crippen LogP contribution in [0.25, 0.3) is 0 Å². The number of carbonyl (C=O) groups excluding carboxylic acids is 3. The zero-order valence-electron chi connectivity index (χ0n) is 17.4. The highest BCUT2D eigenvalue weighted by molar-refractivity contribution is 5.97. The van der Waals surface area contributed by atoms with Crippen molar-refractivity contribution in [1.82, 2.24) is 10.2 Å². The van der Waals surface area contributed by atoms with E-state index < -0.39 is 5.91 Å². The lowest BCUT2D eigenvalue weighted by Gasteiger charge is -2.35. The molecule has 7 heteroatoms. The molecule has 1 unspecified atom stereocenters. The molecule has 7 nitrogen and oxygen atoms in total. The Morgan fingerprint density at radius 1 is 1.03 bits per heavy atom. The second-order valence-electron chi connectivity index (χ2n) is 7.71. The van der Waals surface area contributed by atoms with E-state index in [1.54, 1.807) is 24.3 Å². The van der Waals surface area contributed by atoms with Crippen LogP contribution in [0.1, 0.15) is 46.0 Å². The van der Waals surface area contributed by atoms with Crippen LogP contribution < -0.4 is 16.4 Å². The Kier molecular flexibility index (Phi) is 6.84. The number of hydrogen-bond acceptors (Lipinski definition) is 4. The number of anilines is 1. The Labute approximate surface area is 176 Å². The summed E-state index contributed by atoms with van der Waals surface area (Å²) < 4.78 is 0. The average molecular weight is 409 g/mol. The fraction of sp³-hybridized carbons (Fsp3) is 0.348. The number of carbonyl (C=O) groups is 3. The average Bonchev–Trinajstić information content (AvgIpc) is 2.74. The zero-order chi connectivity index (χ0) is 21.7. The number of rotatable bonds is 6. The maximum absolute atomic E-state index is 12.6. The lowest BCUT2D eigenvalue weighted by atomic mass is 10.0. The van der Waals surface area contributed by atoms with Crippen molar-refractivity contribution in [1.29, 1.82) is 0 Å². The van der Waals surface area contributed by atoms with Gasteiger partial charge in [0.2, 0.25) is 11.8 Å². The summed E-state index contributed by atoms with van der Waals surface area (Å²) in [6, 6.07) is 13.9. The van der Waals surface area contributed by atoms with E-state index in [1.807, 2.05) is 38.1 Å². The van der Waals surface area contributed by atoms with Gasteiger partial charge in [0.25, 0.3) is 5.91 Å². The molecule has 4 N–H and O–H groups in total. The van der Waals surface area contributed by atoms with Gasteiger partial charge >= 0.3 is 0 Å². The summed E-state index contributed by atoms with van der Waals surface area (Å²) in [4.78, 5) is 38.4. The Hall–Kier alpha value is -3.19. The van der Waals surface area contributed by atoms with Crippen LogP contribution >= 0.6 is 0 Å². The standard InChI is InChI=1S/C23H28N4O3/c1-15-5-3-4-6-20(15)23(30)26-19-11-13-27(14-12-19)16(2)22(29)25-18-9-7-17(8-10-18)21(24)28/h3-10,16,19H,11-14H2,1-2H3,(H2,24,28)(H,25,29)(H,26,30). The Bertz CT molecular complexity index is 918. The molecule has 0 radical (unpaired) electrons. The molecule has 3 amide bonds.